The number of anilines is 1. The van der Waals surface area contributed by atoms with Crippen molar-refractivity contribution in [3.05, 3.63) is 52.8 Å². The van der Waals surface area contributed by atoms with Crippen LogP contribution in [0.25, 0.3) is 0 Å². The van der Waals surface area contributed by atoms with Gasteiger partial charge in [-0.05, 0) is 30.7 Å². The van der Waals surface area contributed by atoms with E-state index in [0.29, 0.717) is 31.9 Å². The van der Waals surface area contributed by atoms with Crippen LogP contribution >= 0.6 is 0 Å². The van der Waals surface area contributed by atoms with Gasteiger partial charge >= 0.3 is 6.03 Å². The lowest BCUT2D eigenvalue weighted by molar-refractivity contribution is 0.252. The molecule has 0 aliphatic carbocycles. The van der Waals surface area contributed by atoms with Gasteiger partial charge < -0.3 is 20.1 Å². The maximum Gasteiger partial charge on any atom is 0.319 e. The van der Waals surface area contributed by atoms with Crippen LogP contribution in [0, 0.1) is 5.82 Å². The Morgan fingerprint density at radius 3 is 2.92 bits per heavy atom. The Balaban J connectivity index is 1.40. The summed E-state index contributed by atoms with van der Waals surface area (Å²) in [4.78, 5) is 12.0. The predicted molar refractivity (Wildman–Crippen MR) is 92.0 cm³/mol. The summed E-state index contributed by atoms with van der Waals surface area (Å²) in [6.45, 7) is 1.85. The van der Waals surface area contributed by atoms with Gasteiger partial charge in [-0.3, -0.25) is 0 Å². The van der Waals surface area contributed by atoms with Crippen LogP contribution in [0.4, 0.5) is 14.9 Å². The number of benzene rings is 2. The highest BCUT2D eigenvalue weighted by molar-refractivity contribution is 5.89. The molecule has 0 radical (unpaired) electrons. The minimum atomic E-state index is -0.384. The Morgan fingerprint density at radius 1 is 1.16 bits per heavy atom. The zero-order chi connectivity index (χ0) is 17.2. The minimum Gasteiger partial charge on any atom is -0.493 e. The van der Waals surface area contributed by atoms with Gasteiger partial charge in [-0.15, -0.1) is 0 Å². The Morgan fingerprint density at radius 2 is 2.04 bits per heavy atom. The fraction of sp³-hybridized carbons (Fsp3) is 0.316. The molecule has 2 aliphatic heterocycles. The van der Waals surface area contributed by atoms with Crippen LogP contribution < -0.4 is 20.1 Å². The van der Waals surface area contributed by atoms with E-state index in [-0.39, 0.29) is 11.8 Å². The quantitative estimate of drug-likeness (QED) is 0.898. The molecule has 2 aliphatic rings. The molecule has 0 bridgehead atoms. The van der Waals surface area contributed by atoms with Gasteiger partial charge in [0.15, 0.2) is 0 Å². The predicted octanol–water partition coefficient (Wildman–Crippen LogP) is 3.06. The zero-order valence-electron chi connectivity index (χ0n) is 13.7. The molecule has 0 unspecified atom stereocenters. The van der Waals surface area contributed by atoms with Crippen molar-refractivity contribution in [3.63, 3.8) is 0 Å². The van der Waals surface area contributed by atoms with Crippen LogP contribution in [0.1, 0.15) is 16.7 Å². The largest absolute Gasteiger partial charge is 0.493 e. The van der Waals surface area contributed by atoms with Gasteiger partial charge in [-0.1, -0.05) is 6.07 Å². The van der Waals surface area contributed by atoms with Crippen molar-refractivity contribution in [1.29, 1.82) is 0 Å². The topological polar surface area (TPSA) is 59.6 Å². The standard InChI is InChI=1S/C19H19FN2O3/c20-13-2-1-3-14(11-13)22-19(23)21-7-4-16-15-6-9-24-17(15)10-12-5-8-25-18(12)16/h1-3,10-11H,4-9H2,(H2,21,22,23). The van der Waals surface area contributed by atoms with Crippen molar-refractivity contribution in [2.24, 2.45) is 0 Å². The van der Waals surface area contributed by atoms with Crippen LogP contribution in [0.5, 0.6) is 11.5 Å². The summed E-state index contributed by atoms with van der Waals surface area (Å²) in [7, 11) is 0. The number of nitrogens with one attached hydrogen (secondary N) is 2. The van der Waals surface area contributed by atoms with Gasteiger partial charge in [0, 0.05) is 41.8 Å². The van der Waals surface area contributed by atoms with Gasteiger partial charge in [0.05, 0.1) is 13.2 Å². The Kier molecular flexibility index (Phi) is 4.17. The summed E-state index contributed by atoms with van der Waals surface area (Å²) in [5.41, 5.74) is 3.93. The first kappa shape index (κ1) is 15.7. The molecule has 4 rings (SSSR count). The summed E-state index contributed by atoms with van der Waals surface area (Å²) in [6, 6.07) is 7.54. The number of fused-ring (bicyclic) bond motifs is 2. The monoisotopic (exact) mass is 342 g/mol. The van der Waals surface area contributed by atoms with Gasteiger partial charge in [-0.25, -0.2) is 9.18 Å². The lowest BCUT2D eigenvalue weighted by Crippen LogP contribution is -2.30. The number of amides is 2. The zero-order valence-corrected chi connectivity index (χ0v) is 13.7. The third-order valence-corrected chi connectivity index (χ3v) is 4.50. The van der Waals surface area contributed by atoms with E-state index in [1.807, 2.05) is 0 Å². The molecule has 5 nitrogen and oxygen atoms in total. The Labute approximate surface area is 145 Å². The van der Waals surface area contributed by atoms with Crippen molar-refractivity contribution in [2.75, 3.05) is 25.1 Å². The van der Waals surface area contributed by atoms with E-state index in [2.05, 4.69) is 16.7 Å². The second kappa shape index (κ2) is 6.63. The molecule has 2 heterocycles. The van der Waals surface area contributed by atoms with E-state index < -0.39 is 0 Å². The van der Waals surface area contributed by atoms with E-state index in [1.54, 1.807) is 12.1 Å². The molecular weight excluding hydrogens is 323 g/mol. The van der Waals surface area contributed by atoms with Crippen LogP contribution in [0.15, 0.2) is 30.3 Å². The van der Waals surface area contributed by atoms with Crippen LogP contribution in [-0.2, 0) is 19.3 Å². The third kappa shape index (κ3) is 3.24. The molecule has 6 heteroatoms. The van der Waals surface area contributed by atoms with Crippen molar-refractivity contribution < 1.29 is 18.7 Å². The molecule has 0 saturated heterocycles. The molecule has 2 aromatic rings. The van der Waals surface area contributed by atoms with Crippen molar-refractivity contribution in [2.45, 2.75) is 19.3 Å². The van der Waals surface area contributed by atoms with Gasteiger partial charge in [0.2, 0.25) is 0 Å². The molecular formula is C19H19FN2O3. The van der Waals surface area contributed by atoms with Crippen molar-refractivity contribution >= 4 is 11.7 Å². The molecule has 0 fully saturated rings. The number of carbonyl (C=O) groups is 1. The van der Waals surface area contributed by atoms with Crippen molar-refractivity contribution in [1.82, 2.24) is 5.32 Å². The highest BCUT2D eigenvalue weighted by Crippen LogP contribution is 2.40. The molecule has 0 spiro atoms. The van der Waals surface area contributed by atoms with E-state index in [0.717, 1.165) is 29.9 Å². The highest BCUT2D eigenvalue weighted by atomic mass is 19.1. The van der Waals surface area contributed by atoms with E-state index in [4.69, 9.17) is 9.47 Å². The number of hydrogen-bond donors (Lipinski definition) is 2. The van der Waals surface area contributed by atoms with Crippen LogP contribution in [0.2, 0.25) is 0 Å². The molecule has 0 atom stereocenters. The number of urea groups is 1. The summed E-state index contributed by atoms with van der Waals surface area (Å²) in [5, 5.41) is 5.44. The van der Waals surface area contributed by atoms with Crippen LogP contribution in [0.3, 0.4) is 0 Å². The lowest BCUT2D eigenvalue weighted by atomic mass is 9.97. The van der Waals surface area contributed by atoms with Gasteiger partial charge in [-0.2, -0.15) is 0 Å². The van der Waals surface area contributed by atoms with Crippen molar-refractivity contribution in [3.8, 4) is 11.5 Å². The highest BCUT2D eigenvalue weighted by Gasteiger charge is 2.26. The number of rotatable bonds is 4. The van der Waals surface area contributed by atoms with E-state index >= 15 is 0 Å². The number of halogens is 1. The van der Waals surface area contributed by atoms with E-state index in [9.17, 15) is 9.18 Å². The first-order valence-electron chi connectivity index (χ1n) is 8.44. The molecule has 2 aromatic carbocycles. The van der Waals surface area contributed by atoms with E-state index in [1.165, 1.54) is 23.3 Å². The van der Waals surface area contributed by atoms with Gasteiger partial charge in [0.1, 0.15) is 17.3 Å². The van der Waals surface area contributed by atoms with Crippen LogP contribution in [-0.4, -0.2) is 25.8 Å². The maximum atomic E-state index is 13.1. The molecule has 0 saturated carbocycles. The summed E-state index contributed by atoms with van der Waals surface area (Å²) in [6.07, 6.45) is 2.44. The average molecular weight is 342 g/mol. The fourth-order valence-electron chi connectivity index (χ4n) is 3.39. The number of hydrogen-bond acceptors (Lipinski definition) is 3. The molecule has 130 valence electrons. The third-order valence-electron chi connectivity index (χ3n) is 4.50. The molecule has 2 amide bonds. The lowest BCUT2D eigenvalue weighted by Gasteiger charge is -2.13. The smallest absolute Gasteiger partial charge is 0.319 e. The normalized spacial score (nSPS) is 14.3. The van der Waals surface area contributed by atoms with Gasteiger partial charge in [0.25, 0.3) is 0 Å². The molecule has 2 N–H and O–H groups in total. The maximum absolute atomic E-state index is 13.1. The Bertz CT molecular complexity index is 790. The average Bonchev–Trinajstić information content (AvgIpc) is 3.22. The summed E-state index contributed by atoms with van der Waals surface area (Å²) < 4.78 is 24.6. The molecule has 0 aromatic heterocycles. The first-order chi connectivity index (χ1) is 12.2. The fourth-order valence-corrected chi connectivity index (χ4v) is 3.39. The second-order valence-electron chi connectivity index (χ2n) is 6.16. The molecule has 25 heavy (non-hydrogen) atoms. The second-order valence-corrected chi connectivity index (χ2v) is 6.16. The summed E-state index contributed by atoms with van der Waals surface area (Å²) >= 11 is 0. The Hall–Kier alpha value is -2.76. The number of ether oxygens (including phenoxy) is 2. The minimum absolute atomic E-state index is 0.355. The first-order valence-corrected chi connectivity index (χ1v) is 8.44. The SMILES string of the molecule is O=C(NCCc1c2c(cc3c1OCC3)OCC2)Nc1cccc(F)c1. The summed E-state index contributed by atoms with van der Waals surface area (Å²) in [5.74, 6) is 1.52. The number of carbonyl (C=O) groups excluding carboxylic acids is 1.